The molecule has 0 unspecified atom stereocenters. The maximum absolute atomic E-state index is 13.9. The van der Waals surface area contributed by atoms with Gasteiger partial charge in [-0.25, -0.2) is 9.37 Å². The first kappa shape index (κ1) is 22.6. The minimum atomic E-state index is -0.377. The highest BCUT2D eigenvalue weighted by molar-refractivity contribution is 5.88. The molecule has 5 rings (SSSR count). The fourth-order valence-electron chi connectivity index (χ4n) is 4.62. The van der Waals surface area contributed by atoms with Crippen LogP contribution in [0.5, 0.6) is 11.5 Å². The zero-order chi connectivity index (χ0) is 24.5. The number of allylic oxidation sites excluding steroid dienone is 1. The molecule has 35 heavy (non-hydrogen) atoms. The van der Waals surface area contributed by atoms with E-state index in [1.807, 2.05) is 30.3 Å². The van der Waals surface area contributed by atoms with Crippen LogP contribution in [0.1, 0.15) is 35.0 Å². The van der Waals surface area contributed by atoms with Gasteiger partial charge in [-0.05, 0) is 53.9 Å². The summed E-state index contributed by atoms with van der Waals surface area (Å²) < 4.78 is 33.0. The molecule has 0 saturated carbocycles. The van der Waals surface area contributed by atoms with E-state index in [0.717, 1.165) is 39.1 Å². The number of hydrogen-bond donors (Lipinski definition) is 0. The van der Waals surface area contributed by atoms with Crippen molar-refractivity contribution in [1.29, 1.82) is 5.26 Å². The van der Waals surface area contributed by atoms with Gasteiger partial charge in [-0.15, -0.1) is 0 Å². The second kappa shape index (κ2) is 9.24. The molecule has 4 aromatic rings. The van der Waals surface area contributed by atoms with Crippen LogP contribution in [0.3, 0.4) is 0 Å². The van der Waals surface area contributed by atoms with E-state index in [1.54, 1.807) is 27.2 Å². The first-order chi connectivity index (χ1) is 17.0. The van der Waals surface area contributed by atoms with Crippen LogP contribution in [0, 0.1) is 17.1 Å². The Hall–Kier alpha value is -4.15. The van der Waals surface area contributed by atoms with Gasteiger partial charge in [-0.3, -0.25) is 0 Å². The Morgan fingerprint density at radius 3 is 2.74 bits per heavy atom. The maximum atomic E-state index is 13.9. The maximum Gasteiger partial charge on any atom is 0.146 e. The molecule has 1 aliphatic rings. The summed E-state index contributed by atoms with van der Waals surface area (Å²) in [5, 5.41) is 9.68. The molecule has 3 aromatic carbocycles. The molecule has 0 atom stereocenters. The molecule has 0 radical (unpaired) electrons. The van der Waals surface area contributed by atoms with Gasteiger partial charge in [0, 0.05) is 36.4 Å². The van der Waals surface area contributed by atoms with Gasteiger partial charge in [-0.2, -0.15) is 5.26 Å². The highest BCUT2D eigenvalue weighted by Gasteiger charge is 2.23. The molecule has 0 spiro atoms. The second-order valence-corrected chi connectivity index (χ2v) is 8.41. The Balaban J connectivity index is 1.60. The summed E-state index contributed by atoms with van der Waals surface area (Å²) in [6.45, 7) is 2.97. The number of fused-ring (bicyclic) bond motifs is 3. The second-order valence-electron chi connectivity index (χ2n) is 8.41. The van der Waals surface area contributed by atoms with Crippen LogP contribution < -0.4 is 9.47 Å². The molecule has 0 aliphatic carbocycles. The van der Waals surface area contributed by atoms with Crippen molar-refractivity contribution < 1.29 is 18.6 Å². The summed E-state index contributed by atoms with van der Waals surface area (Å²) in [5.74, 6) is 1.56. The average Bonchev–Trinajstić information content (AvgIpc) is 3.12. The van der Waals surface area contributed by atoms with E-state index in [-0.39, 0.29) is 12.4 Å². The molecule has 0 fully saturated rings. The smallest absolute Gasteiger partial charge is 0.146 e. The predicted octanol–water partition coefficient (Wildman–Crippen LogP) is 5.62. The fourth-order valence-corrected chi connectivity index (χ4v) is 4.62. The van der Waals surface area contributed by atoms with Crippen molar-refractivity contribution in [2.75, 3.05) is 14.2 Å². The molecule has 6 nitrogen and oxygen atoms in total. The van der Waals surface area contributed by atoms with Gasteiger partial charge in [0.15, 0.2) is 0 Å². The Labute approximate surface area is 202 Å². The zero-order valence-electron chi connectivity index (χ0n) is 19.8. The van der Waals surface area contributed by atoms with Gasteiger partial charge in [0.1, 0.15) is 41.9 Å². The number of methoxy groups -OCH3 is 2. The van der Waals surface area contributed by atoms with E-state index < -0.39 is 0 Å². The summed E-state index contributed by atoms with van der Waals surface area (Å²) in [6.07, 6.45) is 0. The van der Waals surface area contributed by atoms with Crippen molar-refractivity contribution in [2.24, 2.45) is 0 Å². The number of nitriles is 1. The van der Waals surface area contributed by atoms with Crippen molar-refractivity contribution in [3.8, 4) is 17.6 Å². The summed E-state index contributed by atoms with van der Waals surface area (Å²) in [6, 6.07) is 18.7. The number of rotatable bonds is 5. The van der Waals surface area contributed by atoms with E-state index in [9.17, 15) is 9.65 Å². The average molecular weight is 470 g/mol. The quantitative estimate of drug-likeness (QED) is 0.355. The Morgan fingerprint density at radius 1 is 1.14 bits per heavy atom. The third kappa shape index (κ3) is 4.02. The van der Waals surface area contributed by atoms with Gasteiger partial charge in [0.25, 0.3) is 0 Å². The van der Waals surface area contributed by atoms with Crippen molar-refractivity contribution >= 4 is 16.6 Å². The highest BCUT2D eigenvalue weighted by Crippen LogP contribution is 2.39. The van der Waals surface area contributed by atoms with Crippen LogP contribution in [0.25, 0.3) is 16.6 Å². The Morgan fingerprint density at radius 2 is 1.97 bits per heavy atom. The fraction of sp³-hybridized carbons (Fsp3) is 0.214. The molecule has 0 bridgehead atoms. The summed E-state index contributed by atoms with van der Waals surface area (Å²) >= 11 is 0. The lowest BCUT2D eigenvalue weighted by atomic mass is 9.90. The monoisotopic (exact) mass is 469 g/mol. The minimum absolute atomic E-state index is 0.269. The Bertz CT molecular complexity index is 1510. The van der Waals surface area contributed by atoms with Gasteiger partial charge in [0.2, 0.25) is 0 Å². The van der Waals surface area contributed by atoms with E-state index in [4.69, 9.17) is 19.2 Å². The lowest BCUT2D eigenvalue weighted by molar-refractivity contribution is 0.175. The van der Waals surface area contributed by atoms with Crippen molar-refractivity contribution in [3.63, 3.8) is 0 Å². The number of benzene rings is 3. The molecular formula is C28H24FN3O3. The topological polar surface area (TPSA) is 69.3 Å². The number of aromatic nitrogens is 2. The first-order valence-corrected chi connectivity index (χ1v) is 11.2. The molecule has 0 amide bonds. The number of nitrogens with zero attached hydrogens (tertiary/aromatic N) is 3. The van der Waals surface area contributed by atoms with Crippen LogP contribution >= 0.6 is 0 Å². The third-order valence-electron chi connectivity index (χ3n) is 6.23. The molecule has 2 heterocycles. The normalized spacial score (nSPS) is 13.9. The van der Waals surface area contributed by atoms with Crippen molar-refractivity contribution in [1.82, 2.24) is 9.55 Å². The molecule has 1 aliphatic heterocycles. The lowest BCUT2D eigenvalue weighted by Crippen LogP contribution is -2.07. The summed E-state index contributed by atoms with van der Waals surface area (Å²) in [5.41, 5.74) is 6.64. The predicted molar refractivity (Wildman–Crippen MR) is 131 cm³/mol. The molecule has 176 valence electrons. The van der Waals surface area contributed by atoms with Crippen molar-refractivity contribution in [2.45, 2.75) is 26.7 Å². The third-order valence-corrected chi connectivity index (χ3v) is 6.23. The van der Waals surface area contributed by atoms with Gasteiger partial charge < -0.3 is 18.8 Å². The van der Waals surface area contributed by atoms with Gasteiger partial charge >= 0.3 is 0 Å². The summed E-state index contributed by atoms with van der Waals surface area (Å²) in [4.78, 5) is 4.76. The van der Waals surface area contributed by atoms with Crippen molar-refractivity contribution in [3.05, 3.63) is 94.1 Å². The number of imidazole rings is 1. The molecule has 7 heteroatoms. The summed E-state index contributed by atoms with van der Waals surface area (Å²) in [7, 11) is 3.28. The van der Waals surface area contributed by atoms with Crippen LogP contribution in [-0.2, 0) is 24.5 Å². The van der Waals surface area contributed by atoms with Crippen LogP contribution in [-0.4, -0.2) is 23.8 Å². The zero-order valence-corrected chi connectivity index (χ0v) is 19.8. The number of ether oxygens (including phenoxy) is 3. The molecule has 0 saturated heterocycles. The van der Waals surface area contributed by atoms with E-state index in [1.165, 1.54) is 12.1 Å². The first-order valence-electron chi connectivity index (χ1n) is 11.2. The molecule has 1 aromatic heterocycles. The standard InChI is InChI=1S/C28H24FN3O3/c1-17(13-30)27-21-9-7-18(11-19(21)15-35-25-12-20(29)8-10-22(25)27)14-32-23-5-4-6-24(34-3)28(23)31-26(32)16-33-2/h4-12H,14-16H2,1-3H3/b27-17-. The van der Waals surface area contributed by atoms with E-state index in [0.29, 0.717) is 35.8 Å². The number of halogens is 1. The van der Waals surface area contributed by atoms with E-state index >= 15 is 0 Å². The van der Waals surface area contributed by atoms with Crippen LogP contribution in [0.4, 0.5) is 4.39 Å². The van der Waals surface area contributed by atoms with Crippen LogP contribution in [0.15, 0.2) is 60.2 Å². The SMILES string of the molecule is COCc1nc2c(OC)cccc2n1Cc1ccc2c(c1)COc1cc(F)ccc1/C2=C(/C)C#N. The Kier molecular flexibility index (Phi) is 5.98. The molecular weight excluding hydrogens is 445 g/mol. The van der Waals surface area contributed by atoms with Gasteiger partial charge in [-0.1, -0.05) is 18.2 Å². The largest absolute Gasteiger partial charge is 0.494 e. The van der Waals surface area contributed by atoms with Gasteiger partial charge in [0.05, 0.1) is 18.7 Å². The van der Waals surface area contributed by atoms with Crippen LogP contribution in [0.2, 0.25) is 0 Å². The lowest BCUT2D eigenvalue weighted by Gasteiger charge is -2.14. The number of para-hydroxylation sites is 1. The molecule has 0 N–H and O–H groups in total. The number of hydrogen-bond acceptors (Lipinski definition) is 5. The van der Waals surface area contributed by atoms with E-state index in [2.05, 4.69) is 16.7 Å². The minimum Gasteiger partial charge on any atom is -0.494 e. The highest BCUT2D eigenvalue weighted by atomic mass is 19.1.